The number of rotatable bonds is 3. The molecule has 4 nitrogen and oxygen atoms in total. The molecule has 1 fully saturated rings. The lowest BCUT2D eigenvalue weighted by atomic mass is 10.0. The quantitative estimate of drug-likeness (QED) is 0.810. The molecular weight excluding hydrogens is 404 g/mol. The van der Waals surface area contributed by atoms with Crippen molar-refractivity contribution in [1.29, 1.82) is 0 Å². The highest BCUT2D eigenvalue weighted by Crippen LogP contribution is 2.21. The fraction of sp³-hybridized carbons (Fsp3) is 0.263. The van der Waals surface area contributed by atoms with E-state index in [0.717, 1.165) is 17.3 Å². The second-order valence-corrected chi connectivity index (χ2v) is 7.26. The fourth-order valence-corrected chi connectivity index (χ4v) is 3.62. The van der Waals surface area contributed by atoms with E-state index in [1.165, 1.54) is 0 Å². The molecule has 0 atom stereocenters. The van der Waals surface area contributed by atoms with Crippen LogP contribution in [-0.4, -0.2) is 35.8 Å². The van der Waals surface area contributed by atoms with Crippen molar-refractivity contribution in [1.82, 2.24) is 10.2 Å². The summed E-state index contributed by atoms with van der Waals surface area (Å²) in [4.78, 5) is 26.7. The van der Waals surface area contributed by atoms with Crippen molar-refractivity contribution in [3.05, 3.63) is 69.2 Å². The Morgan fingerprint density at radius 2 is 1.60 bits per heavy atom. The molecule has 0 radical (unpaired) electrons. The lowest BCUT2D eigenvalue weighted by Gasteiger charge is -2.32. The number of piperidine rings is 1. The highest BCUT2D eigenvalue weighted by atomic mass is 79.9. The number of nitrogens with zero attached hydrogens (tertiary/aromatic N) is 1. The SMILES string of the molecule is O=C(NC1CCN(C(=O)c2ccccc2Cl)CC1)c1ccccc1Br. The van der Waals surface area contributed by atoms with Crippen LogP contribution in [0.25, 0.3) is 0 Å². The molecule has 1 N–H and O–H groups in total. The third-order valence-electron chi connectivity index (χ3n) is 4.34. The molecule has 1 heterocycles. The Labute approximate surface area is 160 Å². The summed E-state index contributed by atoms with van der Waals surface area (Å²) < 4.78 is 0.777. The van der Waals surface area contributed by atoms with Crippen LogP contribution < -0.4 is 5.32 Å². The maximum Gasteiger partial charge on any atom is 0.255 e. The summed E-state index contributed by atoms with van der Waals surface area (Å²) in [6.45, 7) is 1.20. The van der Waals surface area contributed by atoms with Crippen LogP contribution in [0.1, 0.15) is 33.6 Å². The molecular formula is C19H18BrClN2O2. The largest absolute Gasteiger partial charge is 0.349 e. The summed E-state index contributed by atoms with van der Waals surface area (Å²) >= 11 is 9.51. The van der Waals surface area contributed by atoms with Gasteiger partial charge in [-0.3, -0.25) is 9.59 Å². The standard InChI is InChI=1S/C19H18BrClN2O2/c20-16-7-3-1-5-14(16)18(24)22-13-9-11-23(12-10-13)19(25)15-6-2-4-8-17(15)21/h1-8,13H,9-12H2,(H,22,24). The van der Waals surface area contributed by atoms with Crippen LogP contribution in [0.15, 0.2) is 53.0 Å². The first kappa shape index (κ1) is 18.0. The maximum atomic E-state index is 12.6. The van der Waals surface area contributed by atoms with Crippen molar-refractivity contribution in [3.63, 3.8) is 0 Å². The van der Waals surface area contributed by atoms with E-state index in [-0.39, 0.29) is 17.9 Å². The molecule has 1 aliphatic rings. The van der Waals surface area contributed by atoms with Gasteiger partial charge in [0.2, 0.25) is 0 Å². The molecule has 1 saturated heterocycles. The van der Waals surface area contributed by atoms with E-state index in [9.17, 15) is 9.59 Å². The van der Waals surface area contributed by atoms with Crippen molar-refractivity contribution >= 4 is 39.3 Å². The van der Waals surface area contributed by atoms with Gasteiger partial charge in [0.25, 0.3) is 11.8 Å². The Morgan fingerprint density at radius 1 is 1.00 bits per heavy atom. The number of carbonyl (C=O) groups excluding carboxylic acids is 2. The molecule has 2 aromatic carbocycles. The summed E-state index contributed by atoms with van der Waals surface area (Å²) in [5.74, 6) is -0.149. The minimum Gasteiger partial charge on any atom is -0.349 e. The third-order valence-corrected chi connectivity index (χ3v) is 5.36. The van der Waals surface area contributed by atoms with E-state index in [0.29, 0.717) is 29.2 Å². The van der Waals surface area contributed by atoms with E-state index in [1.54, 1.807) is 23.1 Å². The highest BCUT2D eigenvalue weighted by Gasteiger charge is 2.26. The summed E-state index contributed by atoms with van der Waals surface area (Å²) in [6.07, 6.45) is 1.46. The molecule has 2 amide bonds. The van der Waals surface area contributed by atoms with Crippen LogP contribution in [0.3, 0.4) is 0 Å². The van der Waals surface area contributed by atoms with Crippen LogP contribution in [-0.2, 0) is 0 Å². The van der Waals surface area contributed by atoms with Gasteiger partial charge in [-0.2, -0.15) is 0 Å². The Kier molecular flexibility index (Phi) is 5.76. The minimum atomic E-state index is -0.0941. The van der Waals surface area contributed by atoms with Crippen molar-refractivity contribution in [2.24, 2.45) is 0 Å². The van der Waals surface area contributed by atoms with Crippen LogP contribution >= 0.6 is 27.5 Å². The van der Waals surface area contributed by atoms with Gasteiger partial charge in [0, 0.05) is 23.6 Å². The normalized spacial score (nSPS) is 15.0. The third kappa shape index (κ3) is 4.22. The lowest BCUT2D eigenvalue weighted by molar-refractivity contribution is 0.0698. The van der Waals surface area contributed by atoms with Gasteiger partial charge < -0.3 is 10.2 Å². The molecule has 0 spiro atoms. The van der Waals surface area contributed by atoms with Crippen molar-refractivity contribution in [2.75, 3.05) is 13.1 Å². The number of hydrogen-bond acceptors (Lipinski definition) is 2. The van der Waals surface area contributed by atoms with Crippen LogP contribution in [0.4, 0.5) is 0 Å². The molecule has 0 saturated carbocycles. The molecule has 0 unspecified atom stereocenters. The smallest absolute Gasteiger partial charge is 0.255 e. The number of benzene rings is 2. The number of likely N-dealkylation sites (tertiary alicyclic amines) is 1. The van der Waals surface area contributed by atoms with Gasteiger partial charge in [0.1, 0.15) is 0 Å². The predicted molar refractivity (Wildman–Crippen MR) is 102 cm³/mol. The minimum absolute atomic E-state index is 0.0545. The lowest BCUT2D eigenvalue weighted by Crippen LogP contribution is -2.46. The summed E-state index contributed by atoms with van der Waals surface area (Å²) in [6, 6.07) is 14.5. The van der Waals surface area contributed by atoms with Gasteiger partial charge in [-0.25, -0.2) is 0 Å². The zero-order valence-electron chi connectivity index (χ0n) is 13.5. The van der Waals surface area contributed by atoms with Gasteiger partial charge in [0.05, 0.1) is 16.1 Å². The first-order valence-electron chi connectivity index (χ1n) is 8.15. The Balaban J connectivity index is 1.57. The molecule has 25 heavy (non-hydrogen) atoms. The molecule has 0 bridgehead atoms. The number of halogens is 2. The maximum absolute atomic E-state index is 12.6. The first-order valence-corrected chi connectivity index (χ1v) is 9.32. The molecule has 3 rings (SSSR count). The van der Waals surface area contributed by atoms with Crippen molar-refractivity contribution < 1.29 is 9.59 Å². The number of amides is 2. The Hall–Kier alpha value is -1.85. The highest BCUT2D eigenvalue weighted by molar-refractivity contribution is 9.10. The van der Waals surface area contributed by atoms with Crippen molar-refractivity contribution in [2.45, 2.75) is 18.9 Å². The Morgan fingerprint density at radius 3 is 2.24 bits per heavy atom. The average molecular weight is 422 g/mol. The van der Waals surface area contributed by atoms with E-state index >= 15 is 0 Å². The molecule has 6 heteroatoms. The van der Waals surface area contributed by atoms with Gasteiger partial charge in [0.15, 0.2) is 0 Å². The van der Waals surface area contributed by atoms with E-state index in [2.05, 4.69) is 21.2 Å². The summed E-state index contributed by atoms with van der Waals surface area (Å²) in [7, 11) is 0. The average Bonchev–Trinajstić information content (AvgIpc) is 2.62. The van der Waals surface area contributed by atoms with E-state index in [4.69, 9.17) is 11.6 Å². The van der Waals surface area contributed by atoms with E-state index in [1.807, 2.05) is 30.3 Å². The monoisotopic (exact) mass is 420 g/mol. The Bertz CT molecular complexity index is 788. The first-order chi connectivity index (χ1) is 12.1. The zero-order chi connectivity index (χ0) is 17.8. The summed E-state index contributed by atoms with van der Waals surface area (Å²) in [5.41, 5.74) is 1.15. The second kappa shape index (κ2) is 8.02. The molecule has 130 valence electrons. The van der Waals surface area contributed by atoms with Gasteiger partial charge in [-0.15, -0.1) is 0 Å². The molecule has 0 aromatic heterocycles. The van der Waals surface area contributed by atoms with Crippen molar-refractivity contribution in [3.8, 4) is 0 Å². The topological polar surface area (TPSA) is 49.4 Å². The van der Waals surface area contributed by atoms with Crippen LogP contribution in [0.5, 0.6) is 0 Å². The number of carbonyl (C=O) groups is 2. The van der Waals surface area contributed by atoms with E-state index < -0.39 is 0 Å². The molecule has 1 aliphatic heterocycles. The predicted octanol–water partition coefficient (Wildman–Crippen LogP) is 4.14. The van der Waals surface area contributed by atoms with Crippen LogP contribution in [0.2, 0.25) is 5.02 Å². The second-order valence-electron chi connectivity index (χ2n) is 6.00. The number of nitrogens with one attached hydrogen (secondary N) is 1. The molecule has 2 aromatic rings. The zero-order valence-corrected chi connectivity index (χ0v) is 15.9. The van der Waals surface area contributed by atoms with Gasteiger partial charge in [-0.1, -0.05) is 35.9 Å². The van der Waals surface area contributed by atoms with Crippen LogP contribution in [0, 0.1) is 0 Å². The number of hydrogen-bond donors (Lipinski definition) is 1. The fourth-order valence-electron chi connectivity index (χ4n) is 2.94. The molecule has 0 aliphatic carbocycles. The van der Waals surface area contributed by atoms with Gasteiger partial charge in [-0.05, 0) is 53.0 Å². The summed E-state index contributed by atoms with van der Waals surface area (Å²) in [5, 5.41) is 3.52. The van der Waals surface area contributed by atoms with Gasteiger partial charge >= 0.3 is 0 Å².